The molecule has 0 spiro atoms. The van der Waals surface area contributed by atoms with Gasteiger partial charge in [0.15, 0.2) is 5.43 Å². The van der Waals surface area contributed by atoms with Gasteiger partial charge in [-0.3, -0.25) is 4.79 Å². The van der Waals surface area contributed by atoms with Crippen LogP contribution in [0.4, 0.5) is 0 Å². The number of benzene rings is 1. The summed E-state index contributed by atoms with van der Waals surface area (Å²) in [6.07, 6.45) is 5.76. The molecule has 0 saturated heterocycles. The van der Waals surface area contributed by atoms with Gasteiger partial charge in [-0.2, -0.15) is 0 Å². The van der Waals surface area contributed by atoms with Crippen LogP contribution in [0.3, 0.4) is 0 Å². The van der Waals surface area contributed by atoms with Crippen LogP contribution in [-0.2, 0) is 6.42 Å². The normalized spacial score (nSPS) is 12.2. The van der Waals surface area contributed by atoms with Gasteiger partial charge in [-0.05, 0) is 51.8 Å². The summed E-state index contributed by atoms with van der Waals surface area (Å²) in [5.74, 6) is 1.84. The standard InChI is InChI=1S/C23H28O4/c1-15(13-16(2)14-19-8-10-20(25-5)11-9-19)7-12-21-17(3)22(24)18(4)23(26-6)27-21/h8-11,13-14H,7,12H2,1-6H3/b15-13+,16-14+. The van der Waals surface area contributed by atoms with Gasteiger partial charge in [-0.1, -0.05) is 35.4 Å². The monoisotopic (exact) mass is 368 g/mol. The Morgan fingerprint density at radius 3 is 2.30 bits per heavy atom. The van der Waals surface area contributed by atoms with Crippen LogP contribution in [0.25, 0.3) is 6.08 Å². The Balaban J connectivity index is 2.10. The second kappa shape index (κ2) is 9.26. The Hall–Kier alpha value is -2.75. The largest absolute Gasteiger partial charge is 0.497 e. The predicted octanol–water partition coefficient (Wildman–Crippen LogP) is 5.26. The number of hydrogen-bond donors (Lipinski definition) is 0. The van der Waals surface area contributed by atoms with Crippen molar-refractivity contribution in [2.45, 2.75) is 40.5 Å². The van der Waals surface area contributed by atoms with Gasteiger partial charge in [0.25, 0.3) is 5.95 Å². The molecule has 0 aliphatic rings. The lowest BCUT2D eigenvalue weighted by molar-refractivity contribution is 0.279. The van der Waals surface area contributed by atoms with Gasteiger partial charge >= 0.3 is 0 Å². The molecule has 27 heavy (non-hydrogen) atoms. The number of rotatable bonds is 7. The van der Waals surface area contributed by atoms with Gasteiger partial charge in [0.2, 0.25) is 0 Å². The van der Waals surface area contributed by atoms with Crippen molar-refractivity contribution >= 4 is 6.08 Å². The summed E-state index contributed by atoms with van der Waals surface area (Å²) >= 11 is 0. The Labute approximate surface area is 161 Å². The van der Waals surface area contributed by atoms with Crippen molar-refractivity contribution in [2.75, 3.05) is 14.2 Å². The summed E-state index contributed by atoms with van der Waals surface area (Å²) in [4.78, 5) is 12.3. The molecular weight excluding hydrogens is 340 g/mol. The van der Waals surface area contributed by atoms with Gasteiger partial charge in [-0.15, -0.1) is 0 Å². The maximum atomic E-state index is 12.3. The molecule has 2 aromatic rings. The van der Waals surface area contributed by atoms with E-state index in [1.807, 2.05) is 31.2 Å². The third-order valence-corrected chi connectivity index (χ3v) is 4.54. The second-order valence-electron chi connectivity index (χ2n) is 6.75. The SMILES string of the molecule is COc1ccc(/C=C(C)/C=C(\C)CCc2oc(OC)c(C)c(=O)c2C)cc1. The molecule has 1 aromatic heterocycles. The van der Waals surface area contributed by atoms with E-state index >= 15 is 0 Å². The van der Waals surface area contributed by atoms with Crippen LogP contribution in [0, 0.1) is 13.8 Å². The third-order valence-electron chi connectivity index (χ3n) is 4.54. The fourth-order valence-corrected chi connectivity index (χ4v) is 2.98. The van der Waals surface area contributed by atoms with Crippen LogP contribution < -0.4 is 14.9 Å². The second-order valence-corrected chi connectivity index (χ2v) is 6.75. The lowest BCUT2D eigenvalue weighted by atomic mass is 10.0. The molecule has 4 nitrogen and oxygen atoms in total. The van der Waals surface area contributed by atoms with Crippen molar-refractivity contribution in [3.05, 3.63) is 74.2 Å². The fourth-order valence-electron chi connectivity index (χ4n) is 2.98. The molecule has 0 N–H and O–H groups in total. The minimum Gasteiger partial charge on any atom is -0.497 e. The number of ether oxygens (including phenoxy) is 2. The molecular formula is C23H28O4. The first kappa shape index (κ1) is 20.6. The van der Waals surface area contributed by atoms with Crippen LogP contribution in [0.5, 0.6) is 11.7 Å². The molecule has 144 valence electrons. The van der Waals surface area contributed by atoms with Crippen molar-refractivity contribution in [1.29, 1.82) is 0 Å². The van der Waals surface area contributed by atoms with Crippen LogP contribution in [0.2, 0.25) is 0 Å². The highest BCUT2D eigenvalue weighted by Crippen LogP contribution is 2.21. The van der Waals surface area contributed by atoms with E-state index in [1.165, 1.54) is 12.7 Å². The van der Waals surface area contributed by atoms with Gasteiger partial charge in [0.05, 0.1) is 19.8 Å². The quantitative estimate of drug-likeness (QED) is 0.626. The first-order valence-corrected chi connectivity index (χ1v) is 9.02. The van der Waals surface area contributed by atoms with E-state index in [9.17, 15) is 4.79 Å². The van der Waals surface area contributed by atoms with Gasteiger partial charge in [0, 0.05) is 12.0 Å². The molecule has 0 aliphatic heterocycles. The number of hydrogen-bond acceptors (Lipinski definition) is 4. The minimum absolute atomic E-state index is 0.00897. The average molecular weight is 368 g/mol. The first-order valence-electron chi connectivity index (χ1n) is 9.02. The fraction of sp³-hybridized carbons (Fsp3) is 0.348. The van der Waals surface area contributed by atoms with E-state index in [1.54, 1.807) is 14.0 Å². The van der Waals surface area contributed by atoms with E-state index < -0.39 is 0 Å². The number of aryl methyl sites for hydroxylation is 1. The molecule has 1 aromatic carbocycles. The van der Waals surface area contributed by atoms with Crippen molar-refractivity contribution in [1.82, 2.24) is 0 Å². The summed E-state index contributed by atoms with van der Waals surface area (Å²) in [7, 11) is 3.18. The highest BCUT2D eigenvalue weighted by atomic mass is 16.6. The minimum atomic E-state index is -0.00897. The van der Waals surface area contributed by atoms with Crippen molar-refractivity contribution in [2.24, 2.45) is 0 Å². The highest BCUT2D eigenvalue weighted by Gasteiger charge is 2.13. The van der Waals surface area contributed by atoms with Crippen molar-refractivity contribution in [3.8, 4) is 11.7 Å². The van der Waals surface area contributed by atoms with E-state index in [2.05, 4.69) is 26.0 Å². The Morgan fingerprint density at radius 2 is 1.70 bits per heavy atom. The zero-order valence-corrected chi connectivity index (χ0v) is 17.0. The molecule has 0 amide bonds. The van der Waals surface area contributed by atoms with E-state index in [4.69, 9.17) is 13.9 Å². The molecule has 0 saturated carbocycles. The molecule has 2 rings (SSSR count). The predicted molar refractivity (Wildman–Crippen MR) is 110 cm³/mol. The molecule has 0 fully saturated rings. The summed E-state index contributed by atoms with van der Waals surface area (Å²) in [6, 6.07) is 7.96. The maximum Gasteiger partial charge on any atom is 0.291 e. The molecule has 4 heteroatoms. The Morgan fingerprint density at radius 1 is 1.04 bits per heavy atom. The Kier molecular flexibility index (Phi) is 7.05. The third kappa shape index (κ3) is 5.36. The molecule has 0 bridgehead atoms. The Bertz CT molecular complexity index is 899. The lowest BCUT2D eigenvalue weighted by Gasteiger charge is -2.09. The molecule has 0 atom stereocenters. The zero-order valence-electron chi connectivity index (χ0n) is 17.0. The van der Waals surface area contributed by atoms with Crippen LogP contribution >= 0.6 is 0 Å². The highest BCUT2D eigenvalue weighted by molar-refractivity contribution is 5.56. The van der Waals surface area contributed by atoms with Gasteiger partial charge in [-0.25, -0.2) is 0 Å². The summed E-state index contributed by atoms with van der Waals surface area (Å²) in [5, 5.41) is 0. The lowest BCUT2D eigenvalue weighted by Crippen LogP contribution is -2.13. The zero-order chi connectivity index (χ0) is 20.0. The smallest absolute Gasteiger partial charge is 0.291 e. The van der Waals surface area contributed by atoms with E-state index in [-0.39, 0.29) is 5.43 Å². The average Bonchev–Trinajstić information content (AvgIpc) is 2.66. The molecule has 1 heterocycles. The number of allylic oxidation sites excluding steroid dienone is 3. The van der Waals surface area contributed by atoms with Crippen LogP contribution in [0.1, 0.15) is 42.7 Å². The van der Waals surface area contributed by atoms with Crippen molar-refractivity contribution < 1.29 is 13.9 Å². The van der Waals surface area contributed by atoms with Gasteiger partial charge < -0.3 is 13.9 Å². The maximum absolute atomic E-state index is 12.3. The topological polar surface area (TPSA) is 48.7 Å². The van der Waals surface area contributed by atoms with Crippen molar-refractivity contribution in [3.63, 3.8) is 0 Å². The van der Waals surface area contributed by atoms with E-state index in [0.717, 1.165) is 23.3 Å². The van der Waals surface area contributed by atoms with E-state index in [0.29, 0.717) is 29.3 Å². The van der Waals surface area contributed by atoms with Crippen LogP contribution in [0.15, 0.2) is 50.7 Å². The summed E-state index contributed by atoms with van der Waals surface area (Å²) in [5.41, 5.74) is 4.68. The summed E-state index contributed by atoms with van der Waals surface area (Å²) < 4.78 is 16.1. The molecule has 0 unspecified atom stereocenters. The van der Waals surface area contributed by atoms with Crippen LogP contribution in [-0.4, -0.2) is 14.2 Å². The first-order chi connectivity index (χ1) is 12.8. The molecule has 0 radical (unpaired) electrons. The summed E-state index contributed by atoms with van der Waals surface area (Å²) in [6.45, 7) is 7.69. The van der Waals surface area contributed by atoms with Gasteiger partial charge in [0.1, 0.15) is 11.5 Å². The number of methoxy groups -OCH3 is 2. The molecule has 0 aliphatic carbocycles.